The highest BCUT2D eigenvalue weighted by molar-refractivity contribution is 6.11. The van der Waals surface area contributed by atoms with E-state index in [-0.39, 0.29) is 11.3 Å². The minimum absolute atomic E-state index is 0.145. The van der Waals surface area contributed by atoms with Crippen molar-refractivity contribution >= 4 is 22.4 Å². The van der Waals surface area contributed by atoms with Crippen LogP contribution in [0, 0.1) is 0 Å². The molecule has 4 rings (SSSR count). The summed E-state index contributed by atoms with van der Waals surface area (Å²) in [6.07, 6.45) is 0. The summed E-state index contributed by atoms with van der Waals surface area (Å²) in [5, 5.41) is 8.13. The number of nitrogens with zero attached hydrogens (tertiary/aromatic N) is 2. The van der Waals surface area contributed by atoms with Gasteiger partial charge in [0.05, 0.1) is 24.8 Å². The lowest BCUT2D eigenvalue weighted by Crippen LogP contribution is -2.26. The molecule has 0 fully saturated rings. The number of methoxy groups -OCH3 is 1. The highest BCUT2D eigenvalue weighted by Gasteiger charge is 2.18. The maximum atomic E-state index is 13.1. The number of nitrogens with one attached hydrogen (secondary N) is 1. The molecule has 1 heterocycles. The maximum Gasteiger partial charge on any atom is 0.279 e. The molecule has 7 heteroatoms. The third-order valence-electron chi connectivity index (χ3n) is 4.74. The van der Waals surface area contributed by atoms with Crippen LogP contribution in [0.15, 0.2) is 77.6 Å². The van der Waals surface area contributed by atoms with Crippen molar-refractivity contribution < 1.29 is 14.3 Å². The lowest BCUT2D eigenvalue weighted by atomic mass is 10.1. The number of carbonyl (C=O) groups excluding carboxylic acids is 1. The number of hydrogen-bond donors (Lipinski definition) is 1. The van der Waals surface area contributed by atoms with Crippen molar-refractivity contribution in [2.24, 2.45) is 0 Å². The smallest absolute Gasteiger partial charge is 0.279 e. The predicted molar refractivity (Wildman–Crippen MR) is 119 cm³/mol. The quantitative estimate of drug-likeness (QED) is 0.514. The zero-order valence-electron chi connectivity index (χ0n) is 17.2. The van der Waals surface area contributed by atoms with Gasteiger partial charge >= 0.3 is 0 Å². The van der Waals surface area contributed by atoms with Crippen LogP contribution in [0.1, 0.15) is 17.4 Å². The molecule has 7 nitrogen and oxygen atoms in total. The lowest BCUT2D eigenvalue weighted by molar-refractivity contribution is 0.102. The van der Waals surface area contributed by atoms with E-state index >= 15 is 0 Å². The standard InChI is InChI=1S/C24H21N3O4/c1-3-31-18-13-11-16(12-14-18)25-23(28)22-20-9-4-5-10-21(20)24(29)27(26-22)17-7-6-8-19(15-17)30-2/h4-15H,3H2,1-2H3,(H,25,28). The third kappa shape index (κ3) is 4.11. The molecule has 1 amide bonds. The van der Waals surface area contributed by atoms with E-state index < -0.39 is 5.91 Å². The van der Waals surface area contributed by atoms with Crippen LogP contribution >= 0.6 is 0 Å². The van der Waals surface area contributed by atoms with Crippen molar-refractivity contribution in [1.29, 1.82) is 0 Å². The number of benzene rings is 3. The van der Waals surface area contributed by atoms with Crippen LogP contribution in [0.3, 0.4) is 0 Å². The maximum absolute atomic E-state index is 13.1. The Kier molecular flexibility index (Phi) is 5.66. The van der Waals surface area contributed by atoms with Gasteiger partial charge in [-0.15, -0.1) is 0 Å². The molecule has 4 aromatic rings. The first kappa shape index (κ1) is 20.2. The van der Waals surface area contributed by atoms with Gasteiger partial charge in [0.15, 0.2) is 5.69 Å². The summed E-state index contributed by atoms with van der Waals surface area (Å²) >= 11 is 0. The minimum Gasteiger partial charge on any atom is -0.497 e. The molecule has 3 aromatic carbocycles. The van der Waals surface area contributed by atoms with E-state index in [0.29, 0.717) is 34.5 Å². The van der Waals surface area contributed by atoms with Gasteiger partial charge in [-0.05, 0) is 49.4 Å². The molecule has 1 N–H and O–H groups in total. The molecule has 156 valence electrons. The Morgan fingerprint density at radius 2 is 1.71 bits per heavy atom. The number of fused-ring (bicyclic) bond motifs is 1. The molecule has 31 heavy (non-hydrogen) atoms. The van der Waals surface area contributed by atoms with Crippen LogP contribution in [0.5, 0.6) is 11.5 Å². The van der Waals surface area contributed by atoms with Crippen LogP contribution in [-0.2, 0) is 0 Å². The van der Waals surface area contributed by atoms with Gasteiger partial charge < -0.3 is 14.8 Å². The first-order chi connectivity index (χ1) is 15.1. The van der Waals surface area contributed by atoms with Gasteiger partial charge in [0.2, 0.25) is 0 Å². The van der Waals surface area contributed by atoms with Crippen LogP contribution in [0.4, 0.5) is 5.69 Å². The summed E-state index contributed by atoms with van der Waals surface area (Å²) in [5.74, 6) is 0.882. The highest BCUT2D eigenvalue weighted by Crippen LogP contribution is 2.20. The first-order valence-corrected chi connectivity index (χ1v) is 9.81. The predicted octanol–water partition coefficient (Wildman–Crippen LogP) is 4.05. The van der Waals surface area contributed by atoms with Gasteiger partial charge in [0.25, 0.3) is 11.5 Å². The van der Waals surface area contributed by atoms with Crippen molar-refractivity contribution in [2.45, 2.75) is 6.92 Å². The van der Waals surface area contributed by atoms with E-state index in [9.17, 15) is 9.59 Å². The number of anilines is 1. The number of carbonyl (C=O) groups is 1. The fraction of sp³-hybridized carbons (Fsp3) is 0.125. The molecule has 0 aliphatic heterocycles. The normalized spacial score (nSPS) is 10.6. The molecular weight excluding hydrogens is 394 g/mol. The summed E-state index contributed by atoms with van der Waals surface area (Å²) < 4.78 is 11.9. The Bertz CT molecular complexity index is 1300. The Morgan fingerprint density at radius 3 is 2.42 bits per heavy atom. The van der Waals surface area contributed by atoms with Crippen molar-refractivity contribution in [1.82, 2.24) is 9.78 Å². The number of rotatable bonds is 6. The molecule has 0 radical (unpaired) electrons. The number of amides is 1. The molecule has 1 aromatic heterocycles. The molecule has 0 saturated carbocycles. The molecule has 0 bridgehead atoms. The largest absolute Gasteiger partial charge is 0.497 e. The Morgan fingerprint density at radius 1 is 0.968 bits per heavy atom. The van der Waals surface area contributed by atoms with E-state index in [1.54, 1.807) is 79.9 Å². The lowest BCUT2D eigenvalue weighted by Gasteiger charge is -2.12. The monoisotopic (exact) mass is 415 g/mol. The van der Waals surface area contributed by atoms with Crippen LogP contribution < -0.4 is 20.3 Å². The van der Waals surface area contributed by atoms with Crippen molar-refractivity contribution in [3.63, 3.8) is 0 Å². The molecular formula is C24H21N3O4. The average molecular weight is 415 g/mol. The van der Waals surface area contributed by atoms with Gasteiger partial charge in [0.1, 0.15) is 11.5 Å². The van der Waals surface area contributed by atoms with E-state index in [4.69, 9.17) is 9.47 Å². The molecule has 0 aliphatic rings. The first-order valence-electron chi connectivity index (χ1n) is 9.81. The van der Waals surface area contributed by atoms with Crippen LogP contribution in [-0.4, -0.2) is 29.4 Å². The Labute approximate surface area is 178 Å². The fourth-order valence-electron chi connectivity index (χ4n) is 3.27. The summed E-state index contributed by atoms with van der Waals surface area (Å²) in [4.78, 5) is 26.2. The Hall–Kier alpha value is -4.13. The van der Waals surface area contributed by atoms with Gasteiger partial charge in [-0.3, -0.25) is 9.59 Å². The molecule has 0 unspecified atom stereocenters. The van der Waals surface area contributed by atoms with Crippen LogP contribution in [0.25, 0.3) is 16.5 Å². The van der Waals surface area contributed by atoms with Crippen molar-refractivity contribution in [2.75, 3.05) is 19.0 Å². The van der Waals surface area contributed by atoms with Gasteiger partial charge in [-0.1, -0.05) is 24.3 Å². The molecule has 0 atom stereocenters. The summed E-state index contributed by atoms with van der Waals surface area (Å²) in [6, 6.07) is 21.0. The SMILES string of the molecule is CCOc1ccc(NC(=O)c2nn(-c3cccc(OC)c3)c(=O)c3ccccc23)cc1. The highest BCUT2D eigenvalue weighted by atomic mass is 16.5. The number of ether oxygens (including phenoxy) is 2. The van der Waals surface area contributed by atoms with Crippen molar-refractivity contribution in [3.8, 4) is 17.2 Å². The van der Waals surface area contributed by atoms with Gasteiger partial charge in [0, 0.05) is 17.1 Å². The van der Waals surface area contributed by atoms with E-state index in [1.807, 2.05) is 6.92 Å². The molecule has 0 aliphatic carbocycles. The van der Waals surface area contributed by atoms with E-state index in [2.05, 4.69) is 10.4 Å². The van der Waals surface area contributed by atoms with Gasteiger partial charge in [-0.2, -0.15) is 9.78 Å². The minimum atomic E-state index is -0.419. The summed E-state index contributed by atoms with van der Waals surface area (Å²) in [7, 11) is 1.55. The second kappa shape index (κ2) is 8.71. The number of aromatic nitrogens is 2. The van der Waals surface area contributed by atoms with E-state index in [1.165, 1.54) is 4.68 Å². The molecule has 0 saturated heterocycles. The topological polar surface area (TPSA) is 82.4 Å². The summed E-state index contributed by atoms with van der Waals surface area (Å²) in [6.45, 7) is 2.47. The summed E-state index contributed by atoms with van der Waals surface area (Å²) in [5.41, 5.74) is 0.928. The fourth-order valence-corrected chi connectivity index (χ4v) is 3.27. The van der Waals surface area contributed by atoms with Crippen LogP contribution in [0.2, 0.25) is 0 Å². The second-order valence-electron chi connectivity index (χ2n) is 6.72. The molecule has 0 spiro atoms. The van der Waals surface area contributed by atoms with Gasteiger partial charge in [-0.25, -0.2) is 0 Å². The third-order valence-corrected chi connectivity index (χ3v) is 4.74. The van der Waals surface area contributed by atoms with E-state index in [0.717, 1.165) is 5.75 Å². The van der Waals surface area contributed by atoms with Crippen molar-refractivity contribution in [3.05, 3.63) is 88.8 Å². The Balaban J connectivity index is 1.78. The average Bonchev–Trinajstić information content (AvgIpc) is 2.81. The zero-order valence-corrected chi connectivity index (χ0v) is 17.2. The zero-order chi connectivity index (χ0) is 21.8. The number of hydrogen-bond acceptors (Lipinski definition) is 5. The second-order valence-corrected chi connectivity index (χ2v) is 6.72.